The summed E-state index contributed by atoms with van der Waals surface area (Å²) in [7, 11) is 0. The highest BCUT2D eigenvalue weighted by atomic mass is 16.1. The van der Waals surface area contributed by atoms with Crippen molar-refractivity contribution < 1.29 is 4.79 Å². The van der Waals surface area contributed by atoms with Gasteiger partial charge in [-0.2, -0.15) is 0 Å². The Morgan fingerprint density at radius 1 is 1.21 bits per heavy atom. The zero-order valence-corrected chi connectivity index (χ0v) is 10.9. The predicted octanol–water partition coefficient (Wildman–Crippen LogP) is 2.95. The van der Waals surface area contributed by atoms with Crippen LogP contribution < -0.4 is 11.1 Å². The van der Waals surface area contributed by atoms with Crippen LogP contribution in [0.4, 0.5) is 5.69 Å². The molecule has 1 amide bonds. The Kier molecular flexibility index (Phi) is 3.11. The Labute approximate surface area is 112 Å². The molecule has 0 aliphatic heterocycles. The molecule has 0 bridgehead atoms. The number of nitrogens with two attached hydrogens (primary N) is 1. The van der Waals surface area contributed by atoms with Crippen molar-refractivity contribution in [1.29, 1.82) is 0 Å². The van der Waals surface area contributed by atoms with E-state index in [4.69, 9.17) is 5.73 Å². The quantitative estimate of drug-likeness (QED) is 0.827. The molecule has 1 aliphatic rings. The minimum Gasteiger partial charge on any atom is -0.398 e. The number of nitrogens with one attached hydrogen (secondary N) is 1. The summed E-state index contributed by atoms with van der Waals surface area (Å²) in [6, 6.07) is 11.7. The second kappa shape index (κ2) is 4.92. The fourth-order valence-electron chi connectivity index (χ4n) is 2.48. The van der Waals surface area contributed by atoms with Crippen LogP contribution in [0.15, 0.2) is 36.4 Å². The molecule has 2 aromatic carbocycles. The second-order valence-corrected chi connectivity index (χ2v) is 5.29. The minimum atomic E-state index is -0.0600. The van der Waals surface area contributed by atoms with Crippen molar-refractivity contribution in [1.82, 2.24) is 5.32 Å². The first kappa shape index (κ1) is 12.0. The maximum Gasteiger partial charge on any atom is 0.253 e. The Morgan fingerprint density at radius 2 is 1.89 bits per heavy atom. The van der Waals surface area contributed by atoms with Gasteiger partial charge in [0, 0.05) is 12.2 Å². The number of rotatable bonds is 3. The molecule has 0 unspecified atom stereocenters. The van der Waals surface area contributed by atoms with E-state index in [1.165, 1.54) is 19.3 Å². The number of anilines is 1. The van der Waals surface area contributed by atoms with Gasteiger partial charge in [-0.25, -0.2) is 0 Å². The summed E-state index contributed by atoms with van der Waals surface area (Å²) in [6.07, 6.45) is 3.75. The molecule has 1 aliphatic carbocycles. The smallest absolute Gasteiger partial charge is 0.253 e. The maximum absolute atomic E-state index is 12.2. The van der Waals surface area contributed by atoms with Crippen LogP contribution in [-0.4, -0.2) is 12.5 Å². The molecule has 1 saturated carbocycles. The standard InChI is InChI=1S/C16H18N2O/c17-15-9-13-7-2-1-6-12(13)8-14(15)16(19)18-10-11-4-3-5-11/h1-2,6-9,11H,3-5,10,17H2,(H,18,19). The third-order valence-corrected chi connectivity index (χ3v) is 3.94. The van der Waals surface area contributed by atoms with Crippen LogP contribution in [0.1, 0.15) is 29.6 Å². The van der Waals surface area contributed by atoms with Gasteiger partial charge in [0.15, 0.2) is 0 Å². The number of carbonyl (C=O) groups excluding carboxylic acids is 1. The van der Waals surface area contributed by atoms with E-state index in [0.29, 0.717) is 17.2 Å². The molecule has 0 radical (unpaired) electrons. The lowest BCUT2D eigenvalue weighted by Crippen LogP contribution is -2.32. The summed E-state index contributed by atoms with van der Waals surface area (Å²) in [6.45, 7) is 0.769. The van der Waals surface area contributed by atoms with Gasteiger partial charge >= 0.3 is 0 Å². The lowest BCUT2D eigenvalue weighted by atomic mass is 9.85. The molecular formula is C16H18N2O. The number of fused-ring (bicyclic) bond motifs is 1. The molecule has 2 aromatic rings. The molecule has 0 saturated heterocycles. The average molecular weight is 254 g/mol. The SMILES string of the molecule is Nc1cc2ccccc2cc1C(=O)NCC1CCC1. The molecule has 3 heteroatoms. The third-order valence-electron chi connectivity index (χ3n) is 3.94. The fourth-order valence-corrected chi connectivity index (χ4v) is 2.48. The maximum atomic E-state index is 12.2. The molecule has 3 N–H and O–H groups in total. The summed E-state index contributed by atoms with van der Waals surface area (Å²) in [5.41, 5.74) is 7.11. The minimum absolute atomic E-state index is 0.0600. The lowest BCUT2D eigenvalue weighted by molar-refractivity contribution is 0.0940. The van der Waals surface area contributed by atoms with E-state index in [9.17, 15) is 4.79 Å². The lowest BCUT2D eigenvalue weighted by Gasteiger charge is -2.25. The van der Waals surface area contributed by atoms with E-state index < -0.39 is 0 Å². The first-order valence-corrected chi connectivity index (χ1v) is 6.80. The molecule has 98 valence electrons. The topological polar surface area (TPSA) is 55.1 Å². The van der Waals surface area contributed by atoms with Crippen LogP contribution >= 0.6 is 0 Å². The van der Waals surface area contributed by atoms with Crippen LogP contribution in [0.2, 0.25) is 0 Å². The van der Waals surface area contributed by atoms with Crippen molar-refractivity contribution >= 4 is 22.4 Å². The Bertz CT molecular complexity index is 617. The van der Waals surface area contributed by atoms with E-state index >= 15 is 0 Å². The number of amides is 1. The highest BCUT2D eigenvalue weighted by Crippen LogP contribution is 2.26. The summed E-state index contributed by atoms with van der Waals surface area (Å²) < 4.78 is 0. The van der Waals surface area contributed by atoms with Gasteiger partial charge in [0.2, 0.25) is 0 Å². The van der Waals surface area contributed by atoms with E-state index in [2.05, 4.69) is 5.32 Å². The first-order chi connectivity index (χ1) is 9.24. The van der Waals surface area contributed by atoms with Crippen molar-refractivity contribution in [3.63, 3.8) is 0 Å². The van der Waals surface area contributed by atoms with Crippen LogP contribution in [0.25, 0.3) is 10.8 Å². The van der Waals surface area contributed by atoms with E-state index in [1.807, 2.05) is 36.4 Å². The average Bonchev–Trinajstić information content (AvgIpc) is 2.36. The monoisotopic (exact) mass is 254 g/mol. The van der Waals surface area contributed by atoms with Gasteiger partial charge in [-0.1, -0.05) is 30.7 Å². The fraction of sp³-hybridized carbons (Fsp3) is 0.312. The number of benzene rings is 2. The van der Waals surface area contributed by atoms with Crippen molar-refractivity contribution in [2.24, 2.45) is 5.92 Å². The first-order valence-electron chi connectivity index (χ1n) is 6.80. The Morgan fingerprint density at radius 3 is 2.53 bits per heavy atom. The van der Waals surface area contributed by atoms with Crippen LogP contribution in [0.5, 0.6) is 0 Å². The van der Waals surface area contributed by atoms with Crippen molar-refractivity contribution in [3.8, 4) is 0 Å². The van der Waals surface area contributed by atoms with E-state index in [0.717, 1.165) is 17.3 Å². The molecule has 3 nitrogen and oxygen atoms in total. The molecule has 1 fully saturated rings. The van der Waals surface area contributed by atoms with E-state index in [1.54, 1.807) is 0 Å². The van der Waals surface area contributed by atoms with Crippen molar-refractivity contribution in [2.45, 2.75) is 19.3 Å². The molecular weight excluding hydrogens is 236 g/mol. The van der Waals surface area contributed by atoms with Crippen LogP contribution in [-0.2, 0) is 0 Å². The number of nitrogen functional groups attached to an aromatic ring is 1. The summed E-state index contributed by atoms with van der Waals surface area (Å²) in [4.78, 5) is 12.2. The van der Waals surface area contributed by atoms with Gasteiger partial charge in [-0.3, -0.25) is 4.79 Å². The van der Waals surface area contributed by atoms with Gasteiger partial charge in [0.05, 0.1) is 5.56 Å². The number of hydrogen-bond acceptors (Lipinski definition) is 2. The Hall–Kier alpha value is -2.03. The van der Waals surface area contributed by atoms with Crippen molar-refractivity contribution in [3.05, 3.63) is 42.0 Å². The molecule has 0 heterocycles. The molecule has 3 rings (SSSR count). The molecule has 0 aromatic heterocycles. The van der Waals surface area contributed by atoms with Gasteiger partial charge in [0.25, 0.3) is 5.91 Å². The largest absolute Gasteiger partial charge is 0.398 e. The normalized spacial score (nSPS) is 15.2. The predicted molar refractivity (Wildman–Crippen MR) is 78.0 cm³/mol. The summed E-state index contributed by atoms with van der Waals surface area (Å²) >= 11 is 0. The van der Waals surface area contributed by atoms with Crippen LogP contribution in [0, 0.1) is 5.92 Å². The molecule has 0 spiro atoms. The zero-order chi connectivity index (χ0) is 13.2. The number of carbonyl (C=O) groups is 1. The van der Waals surface area contributed by atoms with Gasteiger partial charge in [-0.05, 0) is 41.7 Å². The highest BCUT2D eigenvalue weighted by Gasteiger charge is 2.19. The third kappa shape index (κ3) is 2.41. The highest BCUT2D eigenvalue weighted by molar-refractivity contribution is 6.03. The van der Waals surface area contributed by atoms with Crippen molar-refractivity contribution in [2.75, 3.05) is 12.3 Å². The van der Waals surface area contributed by atoms with E-state index in [-0.39, 0.29) is 5.91 Å². The van der Waals surface area contributed by atoms with Crippen LogP contribution in [0.3, 0.4) is 0 Å². The number of hydrogen-bond donors (Lipinski definition) is 2. The summed E-state index contributed by atoms with van der Waals surface area (Å²) in [5.74, 6) is 0.598. The van der Waals surface area contributed by atoms with Gasteiger partial charge in [0.1, 0.15) is 0 Å². The second-order valence-electron chi connectivity index (χ2n) is 5.29. The zero-order valence-electron chi connectivity index (χ0n) is 10.9. The van der Waals surface area contributed by atoms with Gasteiger partial charge in [-0.15, -0.1) is 0 Å². The molecule has 19 heavy (non-hydrogen) atoms. The van der Waals surface area contributed by atoms with Gasteiger partial charge < -0.3 is 11.1 Å². The molecule has 0 atom stereocenters. The summed E-state index contributed by atoms with van der Waals surface area (Å²) in [5, 5.41) is 5.10. The Balaban J connectivity index is 1.82.